The van der Waals surface area contributed by atoms with E-state index in [-0.39, 0.29) is 0 Å². The summed E-state index contributed by atoms with van der Waals surface area (Å²) in [6, 6.07) is 3.41. The summed E-state index contributed by atoms with van der Waals surface area (Å²) in [5.74, 6) is 0.726. The lowest BCUT2D eigenvalue weighted by atomic mass is 10.4. The lowest BCUT2D eigenvalue weighted by Gasteiger charge is -2.14. The van der Waals surface area contributed by atoms with Gasteiger partial charge < -0.3 is 16.0 Å². The number of nitrogens with two attached hydrogens (primary N) is 1. The van der Waals surface area contributed by atoms with Gasteiger partial charge in [0.2, 0.25) is 0 Å². The molecule has 0 aliphatic heterocycles. The summed E-state index contributed by atoms with van der Waals surface area (Å²) in [5.41, 5.74) is 6.27. The number of nitrogens with one attached hydrogen (secondary N) is 1. The van der Waals surface area contributed by atoms with Crippen molar-refractivity contribution in [2.45, 2.75) is 6.92 Å². The highest BCUT2D eigenvalue weighted by atomic mass is 35.5. The largest absolute Gasteiger partial charge is 0.399 e. The van der Waals surface area contributed by atoms with Crippen molar-refractivity contribution in [2.75, 3.05) is 37.7 Å². The number of hydrogen-bond donors (Lipinski definition) is 2. The minimum Gasteiger partial charge on any atom is -0.399 e. The van der Waals surface area contributed by atoms with E-state index in [9.17, 15) is 0 Å². The van der Waals surface area contributed by atoms with Crippen LogP contribution in [0.15, 0.2) is 12.1 Å². The molecule has 0 spiro atoms. The summed E-state index contributed by atoms with van der Waals surface area (Å²) < 4.78 is 0. The Morgan fingerprint density at radius 3 is 2.87 bits per heavy atom. The van der Waals surface area contributed by atoms with Crippen molar-refractivity contribution in [3.63, 3.8) is 0 Å². The van der Waals surface area contributed by atoms with E-state index in [4.69, 9.17) is 17.3 Å². The molecule has 0 fully saturated rings. The smallest absolute Gasteiger partial charge is 0.133 e. The Balaban J connectivity index is 2.43. The van der Waals surface area contributed by atoms with Crippen LogP contribution in [0.1, 0.15) is 6.92 Å². The molecule has 0 aliphatic rings. The van der Waals surface area contributed by atoms with Crippen LogP contribution < -0.4 is 11.1 Å². The molecule has 0 atom stereocenters. The Morgan fingerprint density at radius 1 is 1.53 bits per heavy atom. The highest BCUT2D eigenvalue weighted by Crippen LogP contribution is 2.15. The first-order chi connectivity index (χ1) is 7.11. The van der Waals surface area contributed by atoms with Gasteiger partial charge in [-0.05, 0) is 19.7 Å². The zero-order chi connectivity index (χ0) is 11.3. The molecule has 4 nitrogen and oxygen atoms in total. The van der Waals surface area contributed by atoms with Crippen LogP contribution in [0.5, 0.6) is 0 Å². The molecule has 15 heavy (non-hydrogen) atoms. The third kappa shape index (κ3) is 4.36. The van der Waals surface area contributed by atoms with Crippen LogP contribution in [0.2, 0.25) is 5.15 Å². The number of nitrogen functional groups attached to an aromatic ring is 1. The quantitative estimate of drug-likeness (QED) is 0.753. The molecule has 0 amide bonds. The predicted molar refractivity (Wildman–Crippen MR) is 65.3 cm³/mol. The first kappa shape index (κ1) is 12.1. The molecule has 0 saturated heterocycles. The summed E-state index contributed by atoms with van der Waals surface area (Å²) in [6.07, 6.45) is 0. The van der Waals surface area contributed by atoms with Gasteiger partial charge in [-0.2, -0.15) is 0 Å². The van der Waals surface area contributed by atoms with Crippen LogP contribution in [0.4, 0.5) is 11.5 Å². The van der Waals surface area contributed by atoms with Crippen LogP contribution in [0.25, 0.3) is 0 Å². The highest BCUT2D eigenvalue weighted by molar-refractivity contribution is 6.29. The van der Waals surface area contributed by atoms with Crippen LogP contribution >= 0.6 is 11.6 Å². The van der Waals surface area contributed by atoms with Gasteiger partial charge in [-0.15, -0.1) is 0 Å². The number of aromatic nitrogens is 1. The van der Waals surface area contributed by atoms with Gasteiger partial charge in [0.05, 0.1) is 0 Å². The minimum absolute atomic E-state index is 0.418. The zero-order valence-electron chi connectivity index (χ0n) is 9.13. The number of nitrogens with zero attached hydrogens (tertiary/aromatic N) is 2. The number of likely N-dealkylation sites (N-methyl/N-ethyl adjacent to an activating group) is 1. The second-order valence-corrected chi connectivity index (χ2v) is 3.82. The van der Waals surface area contributed by atoms with E-state index >= 15 is 0 Å². The molecule has 1 rings (SSSR count). The van der Waals surface area contributed by atoms with Crippen molar-refractivity contribution >= 4 is 23.1 Å². The van der Waals surface area contributed by atoms with Gasteiger partial charge in [-0.1, -0.05) is 18.5 Å². The Bertz CT molecular complexity index is 296. The molecule has 1 aromatic rings. The van der Waals surface area contributed by atoms with E-state index < -0.39 is 0 Å². The maximum Gasteiger partial charge on any atom is 0.133 e. The van der Waals surface area contributed by atoms with E-state index in [2.05, 4.69) is 29.2 Å². The van der Waals surface area contributed by atoms with Crippen molar-refractivity contribution in [3.8, 4) is 0 Å². The van der Waals surface area contributed by atoms with Gasteiger partial charge in [-0.25, -0.2) is 4.98 Å². The Labute approximate surface area is 95.4 Å². The van der Waals surface area contributed by atoms with E-state index in [0.29, 0.717) is 10.8 Å². The van der Waals surface area contributed by atoms with Crippen molar-refractivity contribution in [2.24, 2.45) is 0 Å². The molecule has 3 N–H and O–H groups in total. The highest BCUT2D eigenvalue weighted by Gasteiger charge is 1.99. The van der Waals surface area contributed by atoms with Gasteiger partial charge in [0.1, 0.15) is 11.0 Å². The molecule has 5 heteroatoms. The maximum absolute atomic E-state index is 5.78. The summed E-state index contributed by atoms with van der Waals surface area (Å²) in [7, 11) is 2.07. The number of anilines is 2. The standard InChI is InChI=1S/C10H17ClN4/c1-3-15(2)5-4-13-10-7-8(12)6-9(11)14-10/h6-7H,3-5H2,1-2H3,(H3,12,13,14). The third-order valence-electron chi connectivity index (χ3n) is 2.16. The summed E-state index contributed by atoms with van der Waals surface area (Å²) in [6.45, 7) is 4.95. The molecule has 1 heterocycles. The summed E-state index contributed by atoms with van der Waals surface area (Å²) in [4.78, 5) is 6.32. The van der Waals surface area contributed by atoms with E-state index in [1.54, 1.807) is 12.1 Å². The first-order valence-electron chi connectivity index (χ1n) is 4.97. The molecule has 0 aromatic carbocycles. The van der Waals surface area contributed by atoms with E-state index in [1.807, 2.05) is 0 Å². The van der Waals surface area contributed by atoms with Gasteiger partial charge in [0.25, 0.3) is 0 Å². The third-order valence-corrected chi connectivity index (χ3v) is 2.35. The number of hydrogen-bond acceptors (Lipinski definition) is 4. The molecule has 0 aliphatic carbocycles. The van der Waals surface area contributed by atoms with Gasteiger partial charge in [0.15, 0.2) is 0 Å². The average Bonchev–Trinajstić information content (AvgIpc) is 2.16. The molecule has 0 bridgehead atoms. The van der Waals surface area contributed by atoms with Crippen molar-refractivity contribution < 1.29 is 0 Å². The number of halogens is 1. The SMILES string of the molecule is CCN(C)CCNc1cc(N)cc(Cl)n1. The minimum atomic E-state index is 0.418. The summed E-state index contributed by atoms with van der Waals surface area (Å²) in [5, 5.41) is 3.59. The Kier molecular flexibility index (Phi) is 4.65. The fourth-order valence-electron chi connectivity index (χ4n) is 1.14. The van der Waals surface area contributed by atoms with Gasteiger partial charge in [-0.3, -0.25) is 0 Å². The fourth-order valence-corrected chi connectivity index (χ4v) is 1.36. The lowest BCUT2D eigenvalue weighted by molar-refractivity contribution is 0.367. The van der Waals surface area contributed by atoms with E-state index in [0.717, 1.165) is 25.5 Å². The summed E-state index contributed by atoms with van der Waals surface area (Å²) >= 11 is 5.78. The molecule has 0 unspecified atom stereocenters. The Hall–Kier alpha value is -1.00. The van der Waals surface area contributed by atoms with Gasteiger partial charge >= 0.3 is 0 Å². The maximum atomic E-state index is 5.78. The zero-order valence-corrected chi connectivity index (χ0v) is 9.88. The monoisotopic (exact) mass is 228 g/mol. The van der Waals surface area contributed by atoms with Crippen LogP contribution in [0.3, 0.4) is 0 Å². The van der Waals surface area contributed by atoms with Crippen LogP contribution in [-0.2, 0) is 0 Å². The fraction of sp³-hybridized carbons (Fsp3) is 0.500. The van der Waals surface area contributed by atoms with Crippen molar-refractivity contribution in [3.05, 3.63) is 17.3 Å². The lowest BCUT2D eigenvalue weighted by Crippen LogP contribution is -2.24. The van der Waals surface area contributed by atoms with E-state index in [1.165, 1.54) is 0 Å². The normalized spacial score (nSPS) is 10.7. The predicted octanol–water partition coefficient (Wildman–Crippen LogP) is 1.68. The van der Waals surface area contributed by atoms with Crippen LogP contribution in [0, 0.1) is 0 Å². The number of pyridine rings is 1. The number of rotatable bonds is 5. The van der Waals surface area contributed by atoms with Gasteiger partial charge in [0, 0.05) is 24.8 Å². The molecule has 0 radical (unpaired) electrons. The topological polar surface area (TPSA) is 54.2 Å². The average molecular weight is 229 g/mol. The second kappa shape index (κ2) is 5.78. The Morgan fingerprint density at radius 2 is 2.27 bits per heavy atom. The molecular formula is C10H17ClN4. The molecule has 1 aromatic heterocycles. The second-order valence-electron chi connectivity index (χ2n) is 3.43. The molecule has 0 saturated carbocycles. The van der Waals surface area contributed by atoms with Crippen molar-refractivity contribution in [1.82, 2.24) is 9.88 Å². The molecule has 84 valence electrons. The first-order valence-corrected chi connectivity index (χ1v) is 5.35. The van der Waals surface area contributed by atoms with Crippen molar-refractivity contribution in [1.29, 1.82) is 0 Å². The molecular weight excluding hydrogens is 212 g/mol. The van der Waals surface area contributed by atoms with Crippen LogP contribution in [-0.4, -0.2) is 36.6 Å².